The standard InChI is InChI=1S/C19H29N5O3/c1-22(2)18-20-7-14(8-21-18)9-23-10-15-11-24(16-3-5-27-6-4-16)13-19(15,12-23)17(25)26/h7-8,15-16H,3-6,9-13H2,1-2H3,(H,25,26)/t15-,19-/m0/s1. The van der Waals surface area contributed by atoms with E-state index in [0.29, 0.717) is 31.6 Å². The third-order valence-corrected chi connectivity index (χ3v) is 6.34. The van der Waals surface area contributed by atoms with E-state index in [1.54, 1.807) is 0 Å². The summed E-state index contributed by atoms with van der Waals surface area (Å²) in [4.78, 5) is 27.5. The van der Waals surface area contributed by atoms with Crippen molar-refractivity contribution >= 4 is 11.9 Å². The molecule has 0 saturated carbocycles. The van der Waals surface area contributed by atoms with Crippen LogP contribution in [0.25, 0.3) is 0 Å². The summed E-state index contributed by atoms with van der Waals surface area (Å²) in [5, 5.41) is 10.1. The number of hydrogen-bond donors (Lipinski definition) is 1. The number of carboxylic acids is 1. The zero-order valence-corrected chi connectivity index (χ0v) is 16.2. The predicted octanol–water partition coefficient (Wildman–Crippen LogP) is 0.540. The number of nitrogens with zero attached hydrogens (tertiary/aromatic N) is 5. The first-order valence-corrected chi connectivity index (χ1v) is 9.74. The van der Waals surface area contributed by atoms with Crippen LogP contribution in [0.5, 0.6) is 0 Å². The topological polar surface area (TPSA) is 82.0 Å². The van der Waals surface area contributed by atoms with Crippen molar-refractivity contribution in [2.75, 3.05) is 58.4 Å². The van der Waals surface area contributed by atoms with Gasteiger partial charge in [0.1, 0.15) is 0 Å². The first-order chi connectivity index (χ1) is 13.0. The highest BCUT2D eigenvalue weighted by molar-refractivity contribution is 5.77. The number of carbonyl (C=O) groups is 1. The first-order valence-electron chi connectivity index (χ1n) is 9.74. The zero-order valence-electron chi connectivity index (χ0n) is 16.2. The minimum absolute atomic E-state index is 0.180. The van der Waals surface area contributed by atoms with Crippen molar-refractivity contribution in [2.45, 2.75) is 25.4 Å². The van der Waals surface area contributed by atoms with Crippen molar-refractivity contribution < 1.29 is 14.6 Å². The van der Waals surface area contributed by atoms with Gasteiger partial charge in [-0.1, -0.05) is 0 Å². The highest BCUT2D eigenvalue weighted by atomic mass is 16.5. The molecule has 3 aliphatic heterocycles. The van der Waals surface area contributed by atoms with Gasteiger partial charge in [-0.2, -0.15) is 0 Å². The Morgan fingerprint density at radius 3 is 2.56 bits per heavy atom. The molecule has 3 aliphatic rings. The number of aliphatic carboxylic acids is 1. The summed E-state index contributed by atoms with van der Waals surface area (Å²) in [5.41, 5.74) is 0.380. The molecule has 0 radical (unpaired) electrons. The van der Waals surface area contributed by atoms with Crippen molar-refractivity contribution in [3.05, 3.63) is 18.0 Å². The minimum Gasteiger partial charge on any atom is -0.481 e. The van der Waals surface area contributed by atoms with E-state index >= 15 is 0 Å². The normalized spacial score (nSPS) is 29.8. The van der Waals surface area contributed by atoms with E-state index in [4.69, 9.17) is 4.74 Å². The van der Waals surface area contributed by atoms with Crippen LogP contribution in [-0.2, 0) is 16.1 Å². The van der Waals surface area contributed by atoms with E-state index in [2.05, 4.69) is 19.8 Å². The van der Waals surface area contributed by atoms with Crippen LogP contribution in [0.1, 0.15) is 18.4 Å². The Bertz CT molecular complexity index is 676. The molecule has 3 saturated heterocycles. The SMILES string of the molecule is CN(C)c1ncc(CN2C[C@H]3CN(C4CCOCC4)C[C@@]3(C(=O)O)C2)cn1. The summed E-state index contributed by atoms with van der Waals surface area (Å²) in [6.07, 6.45) is 5.72. The summed E-state index contributed by atoms with van der Waals surface area (Å²) in [6.45, 7) is 5.25. The van der Waals surface area contributed by atoms with Gasteiger partial charge in [-0.25, -0.2) is 9.97 Å². The number of ether oxygens (including phenoxy) is 1. The molecule has 1 aromatic heterocycles. The smallest absolute Gasteiger partial charge is 0.312 e. The lowest BCUT2D eigenvalue weighted by atomic mass is 9.81. The average molecular weight is 375 g/mol. The van der Waals surface area contributed by atoms with Gasteiger partial charge in [-0.05, 0) is 12.8 Å². The first kappa shape index (κ1) is 18.6. The fourth-order valence-electron chi connectivity index (χ4n) is 4.88. The molecule has 4 heterocycles. The van der Waals surface area contributed by atoms with Crippen LogP contribution >= 0.6 is 0 Å². The third-order valence-electron chi connectivity index (χ3n) is 6.34. The molecule has 4 rings (SSSR count). The van der Waals surface area contributed by atoms with Crippen molar-refractivity contribution in [2.24, 2.45) is 11.3 Å². The van der Waals surface area contributed by atoms with Gasteiger partial charge in [-0.15, -0.1) is 0 Å². The van der Waals surface area contributed by atoms with Crippen LogP contribution in [0.4, 0.5) is 5.95 Å². The van der Waals surface area contributed by atoms with Gasteiger partial charge in [0.05, 0.1) is 5.41 Å². The van der Waals surface area contributed by atoms with Crippen LogP contribution in [-0.4, -0.2) is 90.4 Å². The lowest BCUT2D eigenvalue weighted by Gasteiger charge is -2.33. The second kappa shape index (κ2) is 7.33. The van der Waals surface area contributed by atoms with Gasteiger partial charge < -0.3 is 14.7 Å². The Morgan fingerprint density at radius 2 is 1.96 bits per heavy atom. The van der Waals surface area contributed by atoms with Gasteiger partial charge in [-0.3, -0.25) is 14.6 Å². The van der Waals surface area contributed by atoms with Gasteiger partial charge >= 0.3 is 5.97 Å². The van der Waals surface area contributed by atoms with E-state index in [9.17, 15) is 9.90 Å². The van der Waals surface area contributed by atoms with Gasteiger partial charge in [0.15, 0.2) is 0 Å². The molecule has 2 atom stereocenters. The summed E-state index contributed by atoms with van der Waals surface area (Å²) in [7, 11) is 3.83. The summed E-state index contributed by atoms with van der Waals surface area (Å²) in [5.74, 6) is 0.217. The molecule has 0 unspecified atom stereocenters. The molecule has 3 fully saturated rings. The van der Waals surface area contributed by atoms with Crippen LogP contribution in [0, 0.1) is 11.3 Å². The van der Waals surface area contributed by atoms with Gasteiger partial charge in [0.2, 0.25) is 5.95 Å². The fraction of sp³-hybridized carbons (Fsp3) is 0.737. The predicted molar refractivity (Wildman–Crippen MR) is 101 cm³/mol. The van der Waals surface area contributed by atoms with E-state index in [-0.39, 0.29) is 5.92 Å². The largest absolute Gasteiger partial charge is 0.481 e. The molecule has 1 N–H and O–H groups in total. The lowest BCUT2D eigenvalue weighted by Crippen LogP contribution is -2.44. The highest BCUT2D eigenvalue weighted by Gasteiger charge is 2.58. The zero-order chi connectivity index (χ0) is 19.0. The second-order valence-electron chi connectivity index (χ2n) is 8.39. The number of hydrogen-bond acceptors (Lipinski definition) is 7. The molecule has 0 aliphatic carbocycles. The minimum atomic E-state index is -0.650. The summed E-state index contributed by atoms with van der Waals surface area (Å²) >= 11 is 0. The number of rotatable bonds is 5. The molecule has 0 aromatic carbocycles. The Hall–Kier alpha value is -1.77. The maximum absolute atomic E-state index is 12.2. The molecular weight excluding hydrogens is 346 g/mol. The average Bonchev–Trinajstić information content (AvgIpc) is 3.18. The molecule has 0 amide bonds. The van der Waals surface area contributed by atoms with E-state index in [0.717, 1.165) is 44.7 Å². The Kier molecular flexibility index (Phi) is 5.05. The van der Waals surface area contributed by atoms with Crippen LogP contribution in [0.2, 0.25) is 0 Å². The fourth-order valence-corrected chi connectivity index (χ4v) is 4.88. The number of anilines is 1. The summed E-state index contributed by atoms with van der Waals surface area (Å²) in [6, 6.07) is 0.473. The molecule has 0 bridgehead atoms. The van der Waals surface area contributed by atoms with E-state index in [1.807, 2.05) is 31.4 Å². The van der Waals surface area contributed by atoms with Crippen molar-refractivity contribution in [1.29, 1.82) is 0 Å². The number of carboxylic acid groups (broad SMARTS) is 1. The quantitative estimate of drug-likeness (QED) is 0.799. The van der Waals surface area contributed by atoms with E-state index in [1.165, 1.54) is 0 Å². The van der Waals surface area contributed by atoms with Gasteiger partial charge in [0.25, 0.3) is 0 Å². The van der Waals surface area contributed by atoms with Crippen LogP contribution in [0.15, 0.2) is 12.4 Å². The molecule has 1 aromatic rings. The number of fused-ring (bicyclic) bond motifs is 1. The monoisotopic (exact) mass is 375 g/mol. The molecule has 0 spiro atoms. The molecule has 8 nitrogen and oxygen atoms in total. The maximum Gasteiger partial charge on any atom is 0.312 e. The Labute approximate surface area is 160 Å². The highest BCUT2D eigenvalue weighted by Crippen LogP contribution is 2.44. The van der Waals surface area contributed by atoms with E-state index < -0.39 is 11.4 Å². The van der Waals surface area contributed by atoms with Gasteiger partial charge in [0, 0.05) is 89.9 Å². The molecule has 27 heavy (non-hydrogen) atoms. The molecule has 8 heteroatoms. The molecule has 148 valence electrons. The van der Waals surface area contributed by atoms with Crippen LogP contribution < -0.4 is 4.90 Å². The Balaban J connectivity index is 1.42. The summed E-state index contributed by atoms with van der Waals surface area (Å²) < 4.78 is 5.47. The van der Waals surface area contributed by atoms with Crippen molar-refractivity contribution in [1.82, 2.24) is 19.8 Å². The lowest BCUT2D eigenvalue weighted by molar-refractivity contribution is -0.149. The number of aromatic nitrogens is 2. The van der Waals surface area contributed by atoms with Crippen molar-refractivity contribution in [3.8, 4) is 0 Å². The van der Waals surface area contributed by atoms with Crippen LogP contribution in [0.3, 0.4) is 0 Å². The second-order valence-corrected chi connectivity index (χ2v) is 8.39. The van der Waals surface area contributed by atoms with Crippen molar-refractivity contribution in [3.63, 3.8) is 0 Å². The number of likely N-dealkylation sites (tertiary alicyclic amines) is 2. The maximum atomic E-state index is 12.2. The third kappa shape index (κ3) is 3.53. The molecular formula is C19H29N5O3. The Morgan fingerprint density at radius 1 is 1.26 bits per heavy atom.